The molecule has 3 rings (SSSR count). The number of hydrogen-bond donors (Lipinski definition) is 1. The summed E-state index contributed by atoms with van der Waals surface area (Å²) in [6.45, 7) is 1.78. The van der Waals surface area contributed by atoms with Gasteiger partial charge >= 0.3 is 6.18 Å². The molecular formula is C17H11ClF3NOS. The summed E-state index contributed by atoms with van der Waals surface area (Å²) in [5.41, 5.74) is 0.169. The normalized spacial score (nSPS) is 11.9. The number of alkyl halides is 3. The Labute approximate surface area is 144 Å². The number of nitrogens with one attached hydrogen (secondary N) is 1. The van der Waals surface area contributed by atoms with E-state index in [1.165, 1.54) is 12.1 Å². The van der Waals surface area contributed by atoms with Gasteiger partial charge in [-0.25, -0.2) is 0 Å². The average Bonchev–Trinajstić information content (AvgIpc) is 2.52. The van der Waals surface area contributed by atoms with Gasteiger partial charge in [0.1, 0.15) is 0 Å². The van der Waals surface area contributed by atoms with Crippen molar-refractivity contribution in [1.82, 2.24) is 4.98 Å². The molecule has 0 atom stereocenters. The quantitative estimate of drug-likeness (QED) is 0.632. The summed E-state index contributed by atoms with van der Waals surface area (Å²) in [7, 11) is 0. The van der Waals surface area contributed by atoms with Crippen molar-refractivity contribution in [2.45, 2.75) is 22.9 Å². The Morgan fingerprint density at radius 2 is 1.83 bits per heavy atom. The lowest BCUT2D eigenvalue weighted by Crippen LogP contribution is -2.10. The van der Waals surface area contributed by atoms with E-state index < -0.39 is 11.7 Å². The summed E-state index contributed by atoms with van der Waals surface area (Å²) in [4.78, 5) is 15.7. The zero-order valence-corrected chi connectivity index (χ0v) is 13.9. The number of para-hydroxylation sites is 1. The number of fused-ring (bicyclic) bond motifs is 1. The Morgan fingerprint density at radius 3 is 2.54 bits per heavy atom. The van der Waals surface area contributed by atoms with Gasteiger partial charge in [-0.3, -0.25) is 4.79 Å². The Morgan fingerprint density at radius 1 is 1.12 bits per heavy atom. The van der Waals surface area contributed by atoms with Gasteiger partial charge in [-0.15, -0.1) is 0 Å². The van der Waals surface area contributed by atoms with Crippen molar-refractivity contribution < 1.29 is 13.2 Å². The Balaban J connectivity index is 2.09. The van der Waals surface area contributed by atoms with E-state index in [1.807, 2.05) is 12.1 Å². The molecule has 0 radical (unpaired) electrons. The third-order valence-corrected chi connectivity index (χ3v) is 5.10. The molecule has 7 heteroatoms. The van der Waals surface area contributed by atoms with Crippen molar-refractivity contribution in [2.75, 3.05) is 0 Å². The van der Waals surface area contributed by atoms with Crippen LogP contribution in [0.5, 0.6) is 0 Å². The summed E-state index contributed by atoms with van der Waals surface area (Å²) in [6, 6.07) is 10.9. The maximum atomic E-state index is 13.0. The zero-order chi connectivity index (χ0) is 17.5. The summed E-state index contributed by atoms with van der Waals surface area (Å²) in [6.07, 6.45) is -4.54. The van der Waals surface area contributed by atoms with Gasteiger partial charge in [-0.05, 0) is 36.8 Å². The van der Waals surface area contributed by atoms with Crippen LogP contribution in [0.25, 0.3) is 10.9 Å². The summed E-state index contributed by atoms with van der Waals surface area (Å²) >= 11 is 6.62. The average molecular weight is 370 g/mol. The number of benzene rings is 2. The lowest BCUT2D eigenvalue weighted by Gasteiger charge is -2.12. The predicted octanol–water partition coefficient (Wildman–Crippen LogP) is 5.66. The van der Waals surface area contributed by atoms with Gasteiger partial charge in [0.25, 0.3) is 5.56 Å². The number of hydrogen-bond acceptors (Lipinski definition) is 2. The minimum Gasteiger partial charge on any atom is -0.321 e. The van der Waals surface area contributed by atoms with Crippen LogP contribution in [-0.2, 0) is 6.18 Å². The number of H-pyrrole nitrogens is 1. The molecule has 1 heterocycles. The van der Waals surface area contributed by atoms with Crippen molar-refractivity contribution in [2.24, 2.45) is 0 Å². The van der Waals surface area contributed by atoms with E-state index in [2.05, 4.69) is 4.98 Å². The SMILES string of the molecule is Cc1c(Sc2ccc(Cl)c(C(F)(F)F)c2)c(=O)[nH]c2ccccc12. The van der Waals surface area contributed by atoms with Gasteiger partial charge in [0.05, 0.1) is 15.5 Å². The van der Waals surface area contributed by atoms with Gasteiger partial charge in [-0.2, -0.15) is 13.2 Å². The number of pyridine rings is 1. The molecule has 0 saturated carbocycles. The number of aromatic nitrogens is 1. The number of rotatable bonds is 2. The fourth-order valence-electron chi connectivity index (χ4n) is 2.42. The number of aryl methyl sites for hydroxylation is 1. The summed E-state index contributed by atoms with van der Waals surface area (Å²) in [5.74, 6) is 0. The van der Waals surface area contributed by atoms with E-state index >= 15 is 0 Å². The highest BCUT2D eigenvalue weighted by Crippen LogP contribution is 2.39. The van der Waals surface area contributed by atoms with Gasteiger partial charge in [0.2, 0.25) is 0 Å². The van der Waals surface area contributed by atoms with Gasteiger partial charge in [0, 0.05) is 15.8 Å². The summed E-state index contributed by atoms with van der Waals surface area (Å²) in [5, 5.41) is 0.487. The Hall–Kier alpha value is -1.92. The van der Waals surface area contributed by atoms with E-state index in [4.69, 9.17) is 11.6 Å². The van der Waals surface area contributed by atoms with Crippen molar-refractivity contribution in [3.05, 3.63) is 69.0 Å². The second-order valence-electron chi connectivity index (χ2n) is 5.20. The first-order chi connectivity index (χ1) is 11.3. The van der Waals surface area contributed by atoms with Crippen molar-refractivity contribution >= 4 is 34.3 Å². The van der Waals surface area contributed by atoms with Crippen molar-refractivity contribution in [3.63, 3.8) is 0 Å². The molecule has 124 valence electrons. The van der Waals surface area contributed by atoms with Crippen LogP contribution in [0.2, 0.25) is 5.02 Å². The molecule has 0 saturated heterocycles. The molecule has 0 amide bonds. The molecule has 0 aliphatic carbocycles. The number of halogens is 4. The molecule has 0 aliphatic heterocycles. The highest BCUT2D eigenvalue weighted by Gasteiger charge is 2.33. The van der Waals surface area contributed by atoms with E-state index in [1.54, 1.807) is 19.1 Å². The second-order valence-corrected chi connectivity index (χ2v) is 6.69. The van der Waals surface area contributed by atoms with E-state index in [0.717, 1.165) is 28.8 Å². The molecule has 3 aromatic rings. The minimum absolute atomic E-state index is 0.301. The minimum atomic E-state index is -4.54. The maximum Gasteiger partial charge on any atom is 0.417 e. The lowest BCUT2D eigenvalue weighted by molar-refractivity contribution is -0.137. The largest absolute Gasteiger partial charge is 0.417 e. The van der Waals surface area contributed by atoms with Crippen LogP contribution < -0.4 is 5.56 Å². The van der Waals surface area contributed by atoms with Crippen LogP contribution in [0.15, 0.2) is 57.1 Å². The fraction of sp³-hybridized carbons (Fsp3) is 0.118. The van der Waals surface area contributed by atoms with E-state index in [0.29, 0.717) is 15.3 Å². The first-order valence-corrected chi connectivity index (χ1v) is 8.13. The standard InChI is InChI=1S/C17H11ClF3NOS/c1-9-11-4-2-3-5-14(11)22-16(23)15(9)24-10-6-7-13(18)12(8-10)17(19,20)21/h2-8H,1H3,(H,22,23). The molecule has 1 aromatic heterocycles. The van der Waals surface area contributed by atoms with Crippen molar-refractivity contribution in [3.8, 4) is 0 Å². The van der Waals surface area contributed by atoms with Crippen LogP contribution in [0, 0.1) is 6.92 Å². The fourth-order valence-corrected chi connectivity index (χ4v) is 3.60. The highest BCUT2D eigenvalue weighted by atomic mass is 35.5. The smallest absolute Gasteiger partial charge is 0.321 e. The summed E-state index contributed by atoms with van der Waals surface area (Å²) < 4.78 is 38.9. The van der Waals surface area contributed by atoms with E-state index in [9.17, 15) is 18.0 Å². The van der Waals surface area contributed by atoms with Crippen LogP contribution in [0.1, 0.15) is 11.1 Å². The first kappa shape index (κ1) is 16.9. The second kappa shape index (κ2) is 6.18. The number of aromatic amines is 1. The molecule has 0 fully saturated rings. The molecule has 0 spiro atoms. The van der Waals surface area contributed by atoms with Gasteiger partial charge in [0.15, 0.2) is 0 Å². The first-order valence-electron chi connectivity index (χ1n) is 6.93. The monoisotopic (exact) mass is 369 g/mol. The Bertz CT molecular complexity index is 982. The zero-order valence-electron chi connectivity index (χ0n) is 12.4. The molecular weight excluding hydrogens is 359 g/mol. The molecule has 2 aromatic carbocycles. The third kappa shape index (κ3) is 3.16. The Kier molecular flexibility index (Phi) is 4.36. The van der Waals surface area contributed by atoms with Crippen LogP contribution in [0.3, 0.4) is 0 Å². The van der Waals surface area contributed by atoms with Crippen molar-refractivity contribution in [1.29, 1.82) is 0 Å². The molecule has 0 aliphatic rings. The molecule has 24 heavy (non-hydrogen) atoms. The van der Waals surface area contributed by atoms with Gasteiger partial charge < -0.3 is 4.98 Å². The van der Waals surface area contributed by atoms with Crippen LogP contribution in [-0.4, -0.2) is 4.98 Å². The molecule has 0 unspecified atom stereocenters. The lowest BCUT2D eigenvalue weighted by atomic mass is 10.1. The van der Waals surface area contributed by atoms with E-state index in [-0.39, 0.29) is 10.6 Å². The predicted molar refractivity (Wildman–Crippen MR) is 89.9 cm³/mol. The molecule has 2 nitrogen and oxygen atoms in total. The molecule has 1 N–H and O–H groups in total. The third-order valence-electron chi connectivity index (χ3n) is 3.59. The van der Waals surface area contributed by atoms with Gasteiger partial charge in [-0.1, -0.05) is 41.6 Å². The molecule has 0 bridgehead atoms. The highest BCUT2D eigenvalue weighted by molar-refractivity contribution is 7.99. The maximum absolute atomic E-state index is 13.0. The van der Waals surface area contributed by atoms with Crippen LogP contribution in [0.4, 0.5) is 13.2 Å². The van der Waals surface area contributed by atoms with Crippen LogP contribution >= 0.6 is 23.4 Å². The topological polar surface area (TPSA) is 32.9 Å².